The van der Waals surface area contributed by atoms with E-state index >= 15 is 0 Å². The smallest absolute Gasteiger partial charge is 0.410 e. The highest BCUT2D eigenvalue weighted by Gasteiger charge is 2.28. The number of carbonyl (C=O) groups excluding carboxylic acids is 2. The molecule has 0 radical (unpaired) electrons. The summed E-state index contributed by atoms with van der Waals surface area (Å²) in [5.41, 5.74) is -0.497. The maximum Gasteiger partial charge on any atom is 0.410 e. The molecule has 0 aliphatic carbocycles. The average molecular weight is 302 g/mol. The summed E-state index contributed by atoms with van der Waals surface area (Å²) in [6.45, 7) is 9.93. The molecule has 5 nitrogen and oxygen atoms in total. The van der Waals surface area contributed by atoms with Crippen molar-refractivity contribution in [3.63, 3.8) is 0 Å². The number of ether oxygens (including phenoxy) is 1. The van der Waals surface area contributed by atoms with E-state index in [-0.39, 0.29) is 17.3 Å². The van der Waals surface area contributed by atoms with Gasteiger partial charge in [0, 0.05) is 37.8 Å². The van der Waals surface area contributed by atoms with Crippen molar-refractivity contribution >= 4 is 24.6 Å². The second-order valence-corrected chi connectivity index (χ2v) is 6.90. The van der Waals surface area contributed by atoms with E-state index in [1.54, 1.807) is 9.80 Å². The number of likely N-dealkylation sites (tertiary alicyclic amines) is 1. The van der Waals surface area contributed by atoms with Crippen LogP contribution in [0.1, 0.15) is 40.5 Å². The quantitative estimate of drug-likeness (QED) is 0.792. The van der Waals surface area contributed by atoms with Gasteiger partial charge in [0.25, 0.3) is 0 Å². The molecule has 6 heteroatoms. The predicted molar refractivity (Wildman–Crippen MR) is 82.1 cm³/mol. The Balaban J connectivity index is 2.50. The number of amides is 2. The van der Waals surface area contributed by atoms with Gasteiger partial charge in [0.1, 0.15) is 5.60 Å². The molecule has 0 N–H and O–H groups in total. The number of carbonyl (C=O) groups is 2. The third-order valence-electron chi connectivity index (χ3n) is 2.98. The molecule has 1 atom stereocenters. The first-order valence-electron chi connectivity index (χ1n) is 7.16. The van der Waals surface area contributed by atoms with Gasteiger partial charge in [-0.2, -0.15) is 12.6 Å². The van der Waals surface area contributed by atoms with E-state index in [2.05, 4.69) is 12.6 Å². The van der Waals surface area contributed by atoms with Gasteiger partial charge in [-0.3, -0.25) is 4.79 Å². The van der Waals surface area contributed by atoms with E-state index < -0.39 is 5.60 Å². The first-order valence-corrected chi connectivity index (χ1v) is 7.68. The Bertz CT molecular complexity index is 355. The average Bonchev–Trinajstić information content (AvgIpc) is 2.60. The second kappa shape index (κ2) is 7.20. The number of hydrogen-bond donors (Lipinski definition) is 1. The van der Waals surface area contributed by atoms with Crippen LogP contribution in [0.15, 0.2) is 0 Å². The summed E-state index contributed by atoms with van der Waals surface area (Å²) in [6.07, 6.45) is 1.04. The maximum absolute atomic E-state index is 12.1. The SMILES string of the molecule is CCCN(CCN1CC(S)CC1=O)C(=O)OC(C)(C)C. The Morgan fingerprint density at radius 2 is 2.10 bits per heavy atom. The molecule has 0 saturated carbocycles. The molecule has 1 heterocycles. The van der Waals surface area contributed by atoms with Crippen LogP contribution < -0.4 is 0 Å². The molecule has 20 heavy (non-hydrogen) atoms. The Morgan fingerprint density at radius 1 is 1.45 bits per heavy atom. The van der Waals surface area contributed by atoms with Crippen molar-refractivity contribution < 1.29 is 14.3 Å². The van der Waals surface area contributed by atoms with Crippen LogP contribution in [0.2, 0.25) is 0 Å². The molecule has 116 valence electrons. The highest BCUT2D eigenvalue weighted by molar-refractivity contribution is 7.81. The zero-order valence-corrected chi connectivity index (χ0v) is 13.8. The van der Waals surface area contributed by atoms with Gasteiger partial charge < -0.3 is 14.5 Å². The first-order chi connectivity index (χ1) is 9.23. The molecule has 0 aromatic carbocycles. The van der Waals surface area contributed by atoms with Crippen LogP contribution in [0, 0.1) is 0 Å². The van der Waals surface area contributed by atoms with Crippen LogP contribution in [-0.2, 0) is 9.53 Å². The van der Waals surface area contributed by atoms with Gasteiger partial charge in [-0.1, -0.05) is 6.92 Å². The van der Waals surface area contributed by atoms with E-state index in [1.165, 1.54) is 0 Å². The number of nitrogens with zero attached hydrogens (tertiary/aromatic N) is 2. The lowest BCUT2D eigenvalue weighted by molar-refractivity contribution is -0.127. The molecule has 1 unspecified atom stereocenters. The van der Waals surface area contributed by atoms with Gasteiger partial charge in [-0.25, -0.2) is 4.79 Å². The van der Waals surface area contributed by atoms with Crippen molar-refractivity contribution in [3.8, 4) is 0 Å². The fraction of sp³-hybridized carbons (Fsp3) is 0.857. The second-order valence-electron chi connectivity index (χ2n) is 6.17. The van der Waals surface area contributed by atoms with E-state index in [0.29, 0.717) is 32.6 Å². The highest BCUT2D eigenvalue weighted by atomic mass is 32.1. The van der Waals surface area contributed by atoms with E-state index in [1.807, 2.05) is 27.7 Å². The van der Waals surface area contributed by atoms with Gasteiger partial charge in [0.2, 0.25) is 5.91 Å². The summed E-state index contributed by atoms with van der Waals surface area (Å²) < 4.78 is 5.38. The third-order valence-corrected chi connectivity index (χ3v) is 3.33. The molecule has 1 aliphatic heterocycles. The minimum Gasteiger partial charge on any atom is -0.444 e. The van der Waals surface area contributed by atoms with Crippen molar-refractivity contribution in [3.05, 3.63) is 0 Å². The summed E-state index contributed by atoms with van der Waals surface area (Å²) >= 11 is 4.33. The molecule has 1 rings (SSSR count). The summed E-state index contributed by atoms with van der Waals surface area (Å²) in [4.78, 5) is 27.2. The van der Waals surface area contributed by atoms with Crippen LogP contribution >= 0.6 is 12.6 Å². The van der Waals surface area contributed by atoms with Gasteiger partial charge in [0.15, 0.2) is 0 Å². The number of rotatable bonds is 5. The lowest BCUT2D eigenvalue weighted by Gasteiger charge is -2.28. The third kappa shape index (κ3) is 5.61. The normalized spacial score (nSPS) is 19.4. The van der Waals surface area contributed by atoms with Crippen LogP contribution in [0.25, 0.3) is 0 Å². The van der Waals surface area contributed by atoms with Crippen molar-refractivity contribution in [2.45, 2.75) is 51.4 Å². The zero-order chi connectivity index (χ0) is 15.3. The number of thiol groups is 1. The van der Waals surface area contributed by atoms with Gasteiger partial charge in [0.05, 0.1) is 0 Å². The first kappa shape index (κ1) is 17.1. The van der Waals surface area contributed by atoms with Crippen molar-refractivity contribution in [1.29, 1.82) is 0 Å². The molecule has 0 bridgehead atoms. The zero-order valence-electron chi connectivity index (χ0n) is 12.9. The van der Waals surface area contributed by atoms with Gasteiger partial charge in [-0.05, 0) is 27.2 Å². The van der Waals surface area contributed by atoms with E-state index in [9.17, 15) is 9.59 Å². The van der Waals surface area contributed by atoms with E-state index in [0.717, 1.165) is 6.42 Å². The summed E-state index contributed by atoms with van der Waals surface area (Å²) in [7, 11) is 0. The van der Waals surface area contributed by atoms with Gasteiger partial charge >= 0.3 is 6.09 Å². The van der Waals surface area contributed by atoms with Crippen LogP contribution in [0.5, 0.6) is 0 Å². The van der Waals surface area contributed by atoms with Crippen molar-refractivity contribution in [2.75, 3.05) is 26.2 Å². The van der Waals surface area contributed by atoms with Crippen molar-refractivity contribution in [2.24, 2.45) is 0 Å². The van der Waals surface area contributed by atoms with E-state index in [4.69, 9.17) is 4.74 Å². The molecule has 0 spiro atoms. The molecule has 1 aliphatic rings. The summed E-state index contributed by atoms with van der Waals surface area (Å²) in [6, 6.07) is 0. The molecule has 0 aromatic rings. The molecule has 1 saturated heterocycles. The topological polar surface area (TPSA) is 49.9 Å². The maximum atomic E-state index is 12.1. The monoisotopic (exact) mass is 302 g/mol. The predicted octanol–water partition coefficient (Wildman–Crippen LogP) is 2.16. The molecule has 1 fully saturated rings. The highest BCUT2D eigenvalue weighted by Crippen LogP contribution is 2.16. The van der Waals surface area contributed by atoms with Crippen LogP contribution in [0.4, 0.5) is 4.79 Å². The fourth-order valence-electron chi connectivity index (χ4n) is 2.10. The molecular weight excluding hydrogens is 276 g/mol. The minimum absolute atomic E-state index is 0.114. The molecule has 0 aromatic heterocycles. The Morgan fingerprint density at radius 3 is 2.55 bits per heavy atom. The largest absolute Gasteiger partial charge is 0.444 e. The summed E-state index contributed by atoms with van der Waals surface area (Å²) in [5, 5.41) is 0.114. The lowest BCUT2D eigenvalue weighted by Crippen LogP contribution is -2.42. The number of hydrogen-bond acceptors (Lipinski definition) is 4. The summed E-state index contributed by atoms with van der Waals surface area (Å²) in [5.74, 6) is 0.116. The van der Waals surface area contributed by atoms with Crippen LogP contribution in [-0.4, -0.2) is 58.8 Å². The van der Waals surface area contributed by atoms with Crippen LogP contribution in [0.3, 0.4) is 0 Å². The Hall–Kier alpha value is -0.910. The Labute approximate surface area is 127 Å². The van der Waals surface area contributed by atoms with Gasteiger partial charge in [-0.15, -0.1) is 0 Å². The van der Waals surface area contributed by atoms with Crippen molar-refractivity contribution in [1.82, 2.24) is 9.80 Å². The fourth-order valence-corrected chi connectivity index (χ4v) is 2.45. The minimum atomic E-state index is -0.497. The standard InChI is InChI=1S/C14H26N2O3S/c1-5-6-15(13(18)19-14(2,3)4)7-8-16-10-11(20)9-12(16)17/h11,20H,5-10H2,1-4H3. The lowest BCUT2D eigenvalue weighted by atomic mass is 10.2. The molecular formula is C14H26N2O3S. The Kier molecular flexibility index (Phi) is 6.17. The molecule has 2 amide bonds.